The third kappa shape index (κ3) is 3.60. The highest BCUT2D eigenvalue weighted by molar-refractivity contribution is 5.76. The van der Waals surface area contributed by atoms with Gasteiger partial charge in [-0.05, 0) is 43.4 Å². The molecule has 1 aromatic carbocycles. The molecule has 0 spiro atoms. The Balaban J connectivity index is 2.18. The molecule has 0 radical (unpaired) electrons. The number of aryl methyl sites for hydroxylation is 1. The lowest BCUT2D eigenvalue weighted by Crippen LogP contribution is -2.37. The molecule has 1 aliphatic carbocycles. The number of benzene rings is 1. The zero-order chi connectivity index (χ0) is 14.5. The Hall–Kier alpha value is -1.35. The molecule has 1 aliphatic rings. The summed E-state index contributed by atoms with van der Waals surface area (Å²) in [5.41, 5.74) is 3.14. The van der Waals surface area contributed by atoms with E-state index in [0.29, 0.717) is 6.04 Å². The van der Waals surface area contributed by atoms with E-state index >= 15 is 0 Å². The molecule has 2 rings (SSSR count). The topological polar surface area (TPSA) is 49.3 Å². The zero-order valence-corrected chi connectivity index (χ0v) is 12.5. The molecule has 0 heterocycles. The number of hydrogen-bond acceptors (Lipinski definition) is 2. The summed E-state index contributed by atoms with van der Waals surface area (Å²) >= 11 is 0. The molecule has 3 nitrogen and oxygen atoms in total. The predicted octanol–water partition coefficient (Wildman–Crippen LogP) is 3.74. The highest BCUT2D eigenvalue weighted by Crippen LogP contribution is 2.24. The molecule has 3 heteroatoms. The molecule has 1 saturated carbocycles. The van der Waals surface area contributed by atoms with Gasteiger partial charge in [0.05, 0.1) is 0 Å². The number of hydrogen-bond donors (Lipinski definition) is 2. The van der Waals surface area contributed by atoms with Crippen LogP contribution >= 0.6 is 0 Å². The lowest BCUT2D eigenvalue weighted by molar-refractivity contribution is -0.140. The predicted molar refractivity (Wildman–Crippen MR) is 80.9 cm³/mol. The molecule has 0 aliphatic heterocycles. The van der Waals surface area contributed by atoms with Crippen molar-refractivity contribution in [2.45, 2.75) is 64.5 Å². The van der Waals surface area contributed by atoms with Crippen LogP contribution in [0.2, 0.25) is 0 Å². The first-order valence-electron chi connectivity index (χ1n) is 7.64. The molecular weight excluding hydrogens is 250 g/mol. The van der Waals surface area contributed by atoms with Crippen LogP contribution in [-0.4, -0.2) is 17.1 Å². The molecule has 0 amide bonds. The summed E-state index contributed by atoms with van der Waals surface area (Å²) in [6, 6.07) is 5.66. The van der Waals surface area contributed by atoms with Gasteiger partial charge in [-0.25, -0.2) is 0 Å². The summed E-state index contributed by atoms with van der Waals surface area (Å²) in [5, 5.41) is 13.0. The molecular formula is C17H25NO2. The minimum atomic E-state index is -0.775. The van der Waals surface area contributed by atoms with Crippen LogP contribution in [0.4, 0.5) is 0 Å². The highest BCUT2D eigenvalue weighted by atomic mass is 16.4. The van der Waals surface area contributed by atoms with Crippen molar-refractivity contribution >= 4 is 5.97 Å². The van der Waals surface area contributed by atoms with Gasteiger partial charge in [-0.2, -0.15) is 0 Å². The summed E-state index contributed by atoms with van der Waals surface area (Å²) in [6.45, 7) is 4.04. The Bertz CT molecular complexity index is 462. The number of nitrogens with one attached hydrogen (secondary N) is 1. The fourth-order valence-corrected chi connectivity index (χ4v) is 3.06. The van der Waals surface area contributed by atoms with E-state index in [1.54, 1.807) is 0 Å². The van der Waals surface area contributed by atoms with Gasteiger partial charge in [0.25, 0.3) is 0 Å². The van der Waals surface area contributed by atoms with Crippen molar-refractivity contribution in [1.29, 1.82) is 0 Å². The first-order chi connectivity index (χ1) is 9.59. The Morgan fingerprint density at radius 2 is 1.85 bits per heavy atom. The van der Waals surface area contributed by atoms with Gasteiger partial charge in [0, 0.05) is 6.04 Å². The zero-order valence-electron chi connectivity index (χ0n) is 12.5. The molecule has 110 valence electrons. The fourth-order valence-electron chi connectivity index (χ4n) is 3.06. The lowest BCUT2D eigenvalue weighted by Gasteiger charge is -2.24. The van der Waals surface area contributed by atoms with Gasteiger partial charge in [0.15, 0.2) is 0 Å². The van der Waals surface area contributed by atoms with Crippen molar-refractivity contribution in [3.05, 3.63) is 34.9 Å². The molecule has 0 aromatic heterocycles. The second-order valence-corrected chi connectivity index (χ2v) is 5.92. The normalized spacial score (nSPS) is 18.5. The largest absolute Gasteiger partial charge is 0.480 e. The maximum atomic E-state index is 11.7. The van der Waals surface area contributed by atoms with E-state index in [1.165, 1.54) is 25.7 Å². The Kier molecular flexibility index (Phi) is 5.18. The van der Waals surface area contributed by atoms with Gasteiger partial charge in [0.1, 0.15) is 6.04 Å². The first-order valence-corrected chi connectivity index (χ1v) is 7.64. The summed E-state index contributed by atoms with van der Waals surface area (Å²) < 4.78 is 0. The van der Waals surface area contributed by atoms with E-state index in [9.17, 15) is 9.90 Å². The van der Waals surface area contributed by atoms with Crippen molar-refractivity contribution in [3.8, 4) is 0 Å². The third-order valence-corrected chi connectivity index (χ3v) is 4.46. The van der Waals surface area contributed by atoms with Gasteiger partial charge in [-0.3, -0.25) is 10.1 Å². The Morgan fingerprint density at radius 1 is 1.20 bits per heavy atom. The SMILES string of the molecule is Cc1cccc(C(NC2CCCCCC2)C(=O)O)c1C. The second kappa shape index (κ2) is 6.89. The van der Waals surface area contributed by atoms with Crippen LogP contribution in [0.25, 0.3) is 0 Å². The van der Waals surface area contributed by atoms with Gasteiger partial charge in [0.2, 0.25) is 0 Å². The average molecular weight is 275 g/mol. The molecule has 2 N–H and O–H groups in total. The van der Waals surface area contributed by atoms with Gasteiger partial charge < -0.3 is 5.11 Å². The molecule has 0 saturated heterocycles. The van der Waals surface area contributed by atoms with Gasteiger partial charge >= 0.3 is 5.97 Å². The summed E-state index contributed by atoms with van der Waals surface area (Å²) in [5.74, 6) is -0.775. The second-order valence-electron chi connectivity index (χ2n) is 5.92. The van der Waals surface area contributed by atoms with Crippen LogP contribution in [0.1, 0.15) is 61.3 Å². The van der Waals surface area contributed by atoms with Gasteiger partial charge in [-0.1, -0.05) is 43.9 Å². The third-order valence-electron chi connectivity index (χ3n) is 4.46. The molecule has 1 fully saturated rings. The fraction of sp³-hybridized carbons (Fsp3) is 0.588. The van der Waals surface area contributed by atoms with Crippen molar-refractivity contribution in [2.75, 3.05) is 0 Å². The lowest BCUT2D eigenvalue weighted by atomic mass is 9.96. The van der Waals surface area contributed by atoms with Crippen molar-refractivity contribution < 1.29 is 9.90 Å². The summed E-state index contributed by atoms with van der Waals surface area (Å²) in [6.07, 6.45) is 7.15. The Morgan fingerprint density at radius 3 is 2.45 bits per heavy atom. The number of rotatable bonds is 4. The van der Waals surface area contributed by atoms with Crippen molar-refractivity contribution in [3.63, 3.8) is 0 Å². The van der Waals surface area contributed by atoms with Gasteiger partial charge in [-0.15, -0.1) is 0 Å². The minimum absolute atomic E-state index is 0.332. The first kappa shape index (κ1) is 15.0. The summed E-state index contributed by atoms with van der Waals surface area (Å²) in [7, 11) is 0. The maximum absolute atomic E-state index is 11.7. The van der Waals surface area contributed by atoms with Crippen LogP contribution in [0.5, 0.6) is 0 Å². The monoisotopic (exact) mass is 275 g/mol. The van der Waals surface area contributed by atoms with E-state index in [4.69, 9.17) is 0 Å². The van der Waals surface area contributed by atoms with E-state index in [-0.39, 0.29) is 0 Å². The van der Waals surface area contributed by atoms with Crippen LogP contribution < -0.4 is 5.32 Å². The molecule has 1 aromatic rings. The number of carbonyl (C=O) groups is 1. The maximum Gasteiger partial charge on any atom is 0.325 e. The van der Waals surface area contributed by atoms with Crippen molar-refractivity contribution in [2.24, 2.45) is 0 Å². The molecule has 1 unspecified atom stereocenters. The molecule has 0 bridgehead atoms. The summed E-state index contributed by atoms with van der Waals surface area (Å²) in [4.78, 5) is 11.7. The highest BCUT2D eigenvalue weighted by Gasteiger charge is 2.25. The van der Waals surface area contributed by atoms with E-state index < -0.39 is 12.0 Å². The van der Waals surface area contributed by atoms with Crippen LogP contribution in [0, 0.1) is 13.8 Å². The molecule has 1 atom stereocenters. The Labute approximate surface area is 121 Å². The number of carboxylic acids is 1. The van der Waals surface area contributed by atoms with E-state index in [1.807, 2.05) is 32.0 Å². The van der Waals surface area contributed by atoms with E-state index in [2.05, 4.69) is 5.32 Å². The quantitative estimate of drug-likeness (QED) is 0.823. The van der Waals surface area contributed by atoms with Crippen LogP contribution in [-0.2, 0) is 4.79 Å². The van der Waals surface area contributed by atoms with Crippen molar-refractivity contribution in [1.82, 2.24) is 5.32 Å². The van der Waals surface area contributed by atoms with E-state index in [0.717, 1.165) is 29.5 Å². The van der Waals surface area contributed by atoms with Crippen LogP contribution in [0.3, 0.4) is 0 Å². The standard InChI is InChI=1S/C17H25NO2/c1-12-8-7-11-15(13(12)2)16(17(19)20)18-14-9-5-3-4-6-10-14/h7-8,11,14,16,18H,3-6,9-10H2,1-2H3,(H,19,20). The smallest absolute Gasteiger partial charge is 0.325 e. The number of aliphatic carboxylic acids is 1. The average Bonchev–Trinajstić information content (AvgIpc) is 2.68. The van der Waals surface area contributed by atoms with Crippen LogP contribution in [0.15, 0.2) is 18.2 Å². The molecule has 20 heavy (non-hydrogen) atoms. The minimum Gasteiger partial charge on any atom is -0.480 e. The number of carboxylic acid groups (broad SMARTS) is 1.